The summed E-state index contributed by atoms with van der Waals surface area (Å²) in [6.07, 6.45) is 4.28. The highest BCUT2D eigenvalue weighted by atomic mass is 127. The maximum Gasteiger partial charge on any atom is 0.409 e. The van der Waals surface area contributed by atoms with E-state index in [4.69, 9.17) is 22.1 Å². The number of carbonyl (C=O) groups is 1. The van der Waals surface area contributed by atoms with Crippen LogP contribution in [0.5, 0.6) is 0 Å². The van der Waals surface area contributed by atoms with Crippen molar-refractivity contribution in [2.24, 2.45) is 11.7 Å². The number of carbonyl (C=O) groups excluding carboxylic acids is 1. The molecule has 0 heterocycles. The number of hydrogen-bond acceptors (Lipinski definition) is 2. The summed E-state index contributed by atoms with van der Waals surface area (Å²) in [7, 11) is 0. The summed E-state index contributed by atoms with van der Waals surface area (Å²) in [5, 5.41) is 0. The average molecular weight is 338 g/mol. The molecule has 0 aromatic rings. The van der Waals surface area contributed by atoms with Gasteiger partial charge in [-0.15, -0.1) is 17.5 Å². The lowest BCUT2D eigenvalue weighted by molar-refractivity contribution is 0.179. The number of primary amides is 1. The molecule has 1 rings (SSSR count). The second-order valence-electron chi connectivity index (χ2n) is 2.85. The van der Waals surface area contributed by atoms with Gasteiger partial charge >= 0.3 is 6.09 Å². The zero-order chi connectivity index (χ0) is 11.5. The van der Waals surface area contributed by atoms with Crippen LogP contribution < -0.4 is 5.73 Å². The summed E-state index contributed by atoms with van der Waals surface area (Å²) in [6.45, 7) is 1.70. The van der Waals surface area contributed by atoms with Gasteiger partial charge in [-0.25, -0.2) is 4.79 Å². The predicted molar refractivity (Wildman–Crippen MR) is 67.4 cm³/mol. The Morgan fingerprint density at radius 1 is 1.80 bits per heavy atom. The molecule has 1 aliphatic carbocycles. The number of rotatable bonds is 1. The molecule has 0 saturated heterocycles. The van der Waals surface area contributed by atoms with Crippen LogP contribution >= 0.6 is 34.2 Å². The van der Waals surface area contributed by atoms with E-state index in [0.29, 0.717) is 5.76 Å². The van der Waals surface area contributed by atoms with Crippen molar-refractivity contribution < 1.29 is 9.53 Å². The van der Waals surface area contributed by atoms with Gasteiger partial charge in [0.2, 0.25) is 0 Å². The Bertz CT molecular complexity index is 390. The van der Waals surface area contributed by atoms with Crippen LogP contribution in [0.1, 0.15) is 6.92 Å². The first-order valence-corrected chi connectivity index (χ1v) is 5.60. The quantitative estimate of drug-likeness (QED) is 0.454. The Labute approximate surface area is 107 Å². The molecule has 0 fully saturated rings. The fourth-order valence-corrected chi connectivity index (χ4v) is 2.08. The summed E-state index contributed by atoms with van der Waals surface area (Å²) >= 11 is 8.26. The molecule has 2 N–H and O–H groups in total. The van der Waals surface area contributed by atoms with E-state index in [2.05, 4.69) is 11.8 Å². The van der Waals surface area contributed by atoms with E-state index in [1.807, 2.05) is 22.6 Å². The van der Waals surface area contributed by atoms with Gasteiger partial charge in [0.1, 0.15) is 14.6 Å². The van der Waals surface area contributed by atoms with Crippen molar-refractivity contribution in [3.8, 4) is 11.8 Å². The highest BCUT2D eigenvalue weighted by Crippen LogP contribution is 2.41. The Balaban J connectivity index is 3.01. The number of alkyl halides is 2. The van der Waals surface area contributed by atoms with Crippen LogP contribution in [0.4, 0.5) is 4.79 Å². The molecule has 0 saturated carbocycles. The average Bonchev–Trinajstić information content (AvgIpc) is 2.10. The van der Waals surface area contributed by atoms with Crippen molar-refractivity contribution in [1.29, 1.82) is 0 Å². The third kappa shape index (κ3) is 3.14. The van der Waals surface area contributed by atoms with Crippen molar-refractivity contribution in [3.63, 3.8) is 0 Å². The zero-order valence-electron chi connectivity index (χ0n) is 7.96. The largest absolute Gasteiger partial charge is 0.414 e. The van der Waals surface area contributed by atoms with Gasteiger partial charge in [-0.1, -0.05) is 40.7 Å². The van der Waals surface area contributed by atoms with Gasteiger partial charge in [-0.3, -0.25) is 0 Å². The zero-order valence-corrected chi connectivity index (χ0v) is 10.9. The van der Waals surface area contributed by atoms with Crippen molar-refractivity contribution in [3.05, 3.63) is 24.0 Å². The summed E-state index contributed by atoms with van der Waals surface area (Å²) < 4.78 is 4.14. The number of allylic oxidation sites excluding steroid dienone is 4. The molecule has 2 atom stereocenters. The molecule has 3 nitrogen and oxygen atoms in total. The first kappa shape index (κ1) is 12.4. The summed E-state index contributed by atoms with van der Waals surface area (Å²) in [5.74, 6) is 5.64. The summed E-state index contributed by atoms with van der Waals surface area (Å²) in [6, 6.07) is 0. The van der Waals surface area contributed by atoms with E-state index in [9.17, 15) is 4.79 Å². The van der Waals surface area contributed by atoms with Gasteiger partial charge in [0.05, 0.1) is 0 Å². The molecular weight excluding hydrogens is 328 g/mol. The van der Waals surface area contributed by atoms with E-state index in [-0.39, 0.29) is 5.92 Å². The summed E-state index contributed by atoms with van der Waals surface area (Å²) in [5.41, 5.74) is 4.95. The highest BCUT2D eigenvalue weighted by Gasteiger charge is 2.36. The van der Waals surface area contributed by atoms with Crippen molar-refractivity contribution in [2.45, 2.75) is 9.80 Å². The van der Waals surface area contributed by atoms with E-state index in [1.54, 1.807) is 25.2 Å². The van der Waals surface area contributed by atoms with Gasteiger partial charge < -0.3 is 10.5 Å². The molecule has 0 radical (unpaired) electrons. The fourth-order valence-electron chi connectivity index (χ4n) is 1.17. The Hall–Kier alpha value is -0.670. The lowest BCUT2D eigenvalue weighted by atomic mass is 9.98. The molecule has 15 heavy (non-hydrogen) atoms. The smallest absolute Gasteiger partial charge is 0.409 e. The second kappa shape index (κ2) is 4.90. The minimum absolute atomic E-state index is 0.373. The van der Waals surface area contributed by atoms with Crippen LogP contribution in [0.3, 0.4) is 0 Å². The topological polar surface area (TPSA) is 52.3 Å². The van der Waals surface area contributed by atoms with Crippen LogP contribution in [0.25, 0.3) is 0 Å². The highest BCUT2D eigenvalue weighted by molar-refractivity contribution is 14.1. The standard InChI is InChI=1S/C10H9ClINO2/c1-2-4-7-8(15-9(13)14)5-3-6-10(7,11)12/h3,5-7H,1H3,(H2,13,14). The Morgan fingerprint density at radius 3 is 3.00 bits per heavy atom. The monoisotopic (exact) mass is 337 g/mol. The molecule has 0 spiro atoms. The van der Waals surface area contributed by atoms with Gasteiger partial charge in [-0.05, 0) is 13.0 Å². The van der Waals surface area contributed by atoms with Crippen molar-refractivity contribution >= 4 is 40.3 Å². The number of amides is 1. The number of halogens is 2. The normalized spacial score (nSPS) is 28.7. The molecule has 0 aromatic heterocycles. The van der Waals surface area contributed by atoms with E-state index in [0.717, 1.165) is 0 Å². The molecule has 0 aliphatic heterocycles. The molecule has 0 bridgehead atoms. The van der Waals surface area contributed by atoms with E-state index in [1.165, 1.54) is 0 Å². The van der Waals surface area contributed by atoms with Crippen LogP contribution in [0.15, 0.2) is 24.0 Å². The Morgan fingerprint density at radius 2 is 2.47 bits per heavy atom. The van der Waals surface area contributed by atoms with Gasteiger partial charge in [0, 0.05) is 0 Å². The maximum atomic E-state index is 10.7. The number of nitrogens with two attached hydrogens (primary N) is 1. The van der Waals surface area contributed by atoms with E-state index < -0.39 is 8.97 Å². The molecule has 80 valence electrons. The summed E-state index contributed by atoms with van der Waals surface area (Å²) in [4.78, 5) is 10.7. The lowest BCUT2D eigenvalue weighted by Gasteiger charge is -2.27. The molecular formula is C10H9ClINO2. The molecule has 5 heteroatoms. The van der Waals surface area contributed by atoms with Gasteiger partial charge in [0.25, 0.3) is 0 Å². The molecule has 1 aliphatic rings. The minimum Gasteiger partial charge on any atom is -0.414 e. The SMILES string of the molecule is CC#CC1C(OC(N)=O)=CC=CC1(Cl)I. The Kier molecular flexibility index (Phi) is 4.05. The third-order valence-electron chi connectivity index (χ3n) is 1.76. The minimum atomic E-state index is -0.858. The van der Waals surface area contributed by atoms with Crippen molar-refractivity contribution in [2.75, 3.05) is 0 Å². The van der Waals surface area contributed by atoms with Crippen LogP contribution in [-0.2, 0) is 4.74 Å². The predicted octanol–water partition coefficient (Wildman–Crippen LogP) is 2.55. The second-order valence-corrected chi connectivity index (χ2v) is 5.90. The number of ether oxygens (including phenoxy) is 1. The van der Waals surface area contributed by atoms with Crippen LogP contribution in [0, 0.1) is 17.8 Å². The number of hydrogen-bond donors (Lipinski definition) is 1. The molecule has 0 aromatic carbocycles. The maximum absolute atomic E-state index is 10.7. The van der Waals surface area contributed by atoms with Gasteiger partial charge in [-0.2, -0.15) is 0 Å². The van der Waals surface area contributed by atoms with Crippen molar-refractivity contribution in [1.82, 2.24) is 0 Å². The lowest BCUT2D eigenvalue weighted by Crippen LogP contribution is -2.29. The van der Waals surface area contributed by atoms with Crippen LogP contribution in [0.2, 0.25) is 0 Å². The van der Waals surface area contributed by atoms with Crippen LogP contribution in [-0.4, -0.2) is 8.97 Å². The fraction of sp³-hybridized carbons (Fsp3) is 0.300. The first-order chi connectivity index (χ1) is 6.97. The van der Waals surface area contributed by atoms with Gasteiger partial charge in [0.15, 0.2) is 0 Å². The third-order valence-corrected chi connectivity index (χ3v) is 3.08. The first-order valence-electron chi connectivity index (χ1n) is 4.14. The van der Waals surface area contributed by atoms with E-state index >= 15 is 0 Å². The molecule has 1 amide bonds. The molecule has 2 unspecified atom stereocenters.